The minimum Gasteiger partial charge on any atom is -0.478 e. The van der Waals surface area contributed by atoms with E-state index in [-0.39, 0.29) is 11.9 Å². The van der Waals surface area contributed by atoms with Gasteiger partial charge in [0, 0.05) is 28.7 Å². The fraction of sp³-hybridized carbons (Fsp3) is 0.243. The zero-order valence-corrected chi connectivity index (χ0v) is 24.9. The Morgan fingerprint density at radius 3 is 2.26 bits per heavy atom. The number of carboxylic acids is 1. The van der Waals surface area contributed by atoms with Crippen molar-refractivity contribution in [3.8, 4) is 11.1 Å². The highest BCUT2D eigenvalue weighted by Gasteiger charge is 2.18. The van der Waals surface area contributed by atoms with Crippen molar-refractivity contribution in [3.63, 3.8) is 0 Å². The van der Waals surface area contributed by atoms with E-state index in [1.165, 1.54) is 5.56 Å². The van der Waals surface area contributed by atoms with E-state index in [1.807, 2.05) is 42.5 Å². The highest BCUT2D eigenvalue weighted by molar-refractivity contribution is 5.99. The number of carbonyl (C=O) groups excluding carboxylic acids is 1. The number of nitrogens with zero attached hydrogens (tertiary/aromatic N) is 1. The van der Waals surface area contributed by atoms with Crippen LogP contribution >= 0.6 is 0 Å². The monoisotopic (exact) mass is 558 g/mol. The summed E-state index contributed by atoms with van der Waals surface area (Å²) in [5.74, 6) is -0.568. The molecule has 5 aromatic rings. The van der Waals surface area contributed by atoms with Gasteiger partial charge in [-0.15, -0.1) is 0 Å². The molecule has 5 rings (SSSR count). The summed E-state index contributed by atoms with van der Waals surface area (Å²) in [6.45, 7) is 11.4. The van der Waals surface area contributed by atoms with Crippen LogP contribution in [0, 0.1) is 13.8 Å². The van der Waals surface area contributed by atoms with Crippen molar-refractivity contribution >= 4 is 22.8 Å². The van der Waals surface area contributed by atoms with Gasteiger partial charge >= 0.3 is 5.97 Å². The summed E-state index contributed by atoms with van der Waals surface area (Å²) in [6.07, 6.45) is 0.810. The first-order valence-corrected chi connectivity index (χ1v) is 14.6. The lowest BCUT2D eigenvalue weighted by Crippen LogP contribution is -2.28. The molecule has 0 spiro atoms. The molecule has 0 aliphatic carbocycles. The Morgan fingerprint density at radius 2 is 1.57 bits per heavy atom. The van der Waals surface area contributed by atoms with E-state index in [0.717, 1.165) is 45.3 Å². The highest BCUT2D eigenvalue weighted by Crippen LogP contribution is 2.29. The van der Waals surface area contributed by atoms with Crippen LogP contribution in [0.4, 0.5) is 0 Å². The van der Waals surface area contributed by atoms with Gasteiger partial charge in [0.05, 0.1) is 11.6 Å². The van der Waals surface area contributed by atoms with Gasteiger partial charge in [-0.2, -0.15) is 0 Å². The third kappa shape index (κ3) is 5.73. The molecule has 0 aliphatic heterocycles. The van der Waals surface area contributed by atoms with Crippen LogP contribution in [0.1, 0.15) is 87.8 Å². The van der Waals surface area contributed by atoms with Crippen molar-refractivity contribution in [2.45, 2.75) is 59.5 Å². The van der Waals surface area contributed by atoms with E-state index in [1.54, 1.807) is 12.1 Å². The Hall–Kier alpha value is -4.64. The molecule has 2 N–H and O–H groups in total. The van der Waals surface area contributed by atoms with Gasteiger partial charge in [-0.05, 0) is 83.8 Å². The van der Waals surface area contributed by atoms with Gasteiger partial charge in [0.25, 0.3) is 5.91 Å². The molecule has 1 aromatic heterocycles. The second-order valence-electron chi connectivity index (χ2n) is 11.3. The summed E-state index contributed by atoms with van der Waals surface area (Å²) in [5, 5.41) is 13.9. The van der Waals surface area contributed by atoms with E-state index in [2.05, 4.69) is 80.9 Å². The maximum atomic E-state index is 13.4. The number of carbonyl (C=O) groups is 2. The number of aromatic nitrogens is 1. The summed E-state index contributed by atoms with van der Waals surface area (Å²) in [6, 6.07) is 29.5. The van der Waals surface area contributed by atoms with Gasteiger partial charge < -0.3 is 15.0 Å². The van der Waals surface area contributed by atoms with Gasteiger partial charge in [-0.3, -0.25) is 4.79 Å². The Kier molecular flexibility index (Phi) is 8.30. The Balaban J connectivity index is 1.38. The van der Waals surface area contributed by atoms with Gasteiger partial charge in [-0.25, -0.2) is 4.79 Å². The molecule has 42 heavy (non-hydrogen) atoms. The van der Waals surface area contributed by atoms with E-state index < -0.39 is 5.97 Å². The lowest BCUT2D eigenvalue weighted by Gasteiger charge is -2.19. The van der Waals surface area contributed by atoms with Crippen molar-refractivity contribution < 1.29 is 14.7 Å². The number of hydrogen-bond donors (Lipinski definition) is 2. The van der Waals surface area contributed by atoms with Crippen LogP contribution in [-0.2, 0) is 6.54 Å². The SMILES string of the molecule is CC[C@H](NC(=O)c1ccc2c(c1)c(C)c(C)n2Cc1ccc(-c2ccccc2C(=O)O)cc1)c1cccc(C(C)C)c1. The normalized spacial score (nSPS) is 12.0. The number of aromatic carboxylic acids is 1. The lowest BCUT2D eigenvalue weighted by atomic mass is 9.96. The zero-order chi connectivity index (χ0) is 30.0. The van der Waals surface area contributed by atoms with Crippen LogP contribution in [0.3, 0.4) is 0 Å². The number of nitrogens with one attached hydrogen (secondary N) is 1. The molecule has 1 atom stereocenters. The van der Waals surface area contributed by atoms with Crippen LogP contribution in [0.2, 0.25) is 0 Å². The molecule has 4 aromatic carbocycles. The van der Waals surface area contributed by atoms with Crippen molar-refractivity contribution in [3.05, 3.63) is 130 Å². The lowest BCUT2D eigenvalue weighted by molar-refractivity contribution is 0.0697. The van der Waals surface area contributed by atoms with Crippen LogP contribution in [-0.4, -0.2) is 21.6 Å². The number of aryl methyl sites for hydroxylation is 1. The van der Waals surface area contributed by atoms with Gasteiger partial charge in [-0.1, -0.05) is 87.5 Å². The van der Waals surface area contributed by atoms with E-state index >= 15 is 0 Å². The number of fused-ring (bicyclic) bond motifs is 1. The largest absolute Gasteiger partial charge is 0.478 e. The van der Waals surface area contributed by atoms with Crippen LogP contribution < -0.4 is 5.32 Å². The second-order valence-corrected chi connectivity index (χ2v) is 11.3. The number of carboxylic acid groups (broad SMARTS) is 1. The van der Waals surface area contributed by atoms with Crippen LogP contribution in [0.25, 0.3) is 22.0 Å². The topological polar surface area (TPSA) is 71.3 Å². The Bertz CT molecular complexity index is 1760. The van der Waals surface area contributed by atoms with Crippen LogP contribution in [0.15, 0.2) is 91.0 Å². The maximum Gasteiger partial charge on any atom is 0.336 e. The van der Waals surface area contributed by atoms with Crippen LogP contribution in [0.5, 0.6) is 0 Å². The number of benzene rings is 4. The third-order valence-corrected chi connectivity index (χ3v) is 8.36. The molecule has 0 radical (unpaired) electrons. The number of hydrogen-bond acceptors (Lipinski definition) is 2. The first-order valence-electron chi connectivity index (χ1n) is 14.6. The van der Waals surface area contributed by atoms with Crippen molar-refractivity contribution in [2.75, 3.05) is 0 Å². The summed E-state index contributed by atoms with van der Waals surface area (Å²) < 4.78 is 2.28. The molecular formula is C37H38N2O3. The molecule has 5 heteroatoms. The average Bonchev–Trinajstić information content (AvgIpc) is 3.24. The first-order chi connectivity index (χ1) is 20.2. The highest BCUT2D eigenvalue weighted by atomic mass is 16.4. The second kappa shape index (κ2) is 12.1. The minimum atomic E-state index is -0.932. The smallest absolute Gasteiger partial charge is 0.336 e. The summed E-state index contributed by atoms with van der Waals surface area (Å²) in [7, 11) is 0. The standard InChI is InChI=1S/C37H38N2O3/c1-6-34(29-11-9-10-28(20-29)23(2)3)38-36(40)30-18-19-35-33(21-30)24(4)25(5)39(35)22-26-14-16-27(17-15-26)31-12-7-8-13-32(31)37(41)42/h7-21,23,34H,6,22H2,1-5H3,(H,38,40)(H,41,42)/t34-/m0/s1. The van der Waals surface area contributed by atoms with Gasteiger partial charge in [0.1, 0.15) is 0 Å². The summed E-state index contributed by atoms with van der Waals surface area (Å²) in [5.41, 5.74) is 9.44. The Morgan fingerprint density at radius 1 is 0.857 bits per heavy atom. The molecule has 1 heterocycles. The molecular weight excluding hydrogens is 520 g/mol. The van der Waals surface area contributed by atoms with Gasteiger partial charge in [0.15, 0.2) is 0 Å². The Labute approximate surface area is 247 Å². The number of rotatable bonds is 9. The average molecular weight is 559 g/mol. The van der Waals surface area contributed by atoms with E-state index in [0.29, 0.717) is 29.2 Å². The maximum absolute atomic E-state index is 13.4. The van der Waals surface area contributed by atoms with E-state index in [4.69, 9.17) is 0 Å². The summed E-state index contributed by atoms with van der Waals surface area (Å²) in [4.78, 5) is 25.1. The molecule has 0 saturated carbocycles. The minimum absolute atomic E-state index is 0.0511. The molecule has 214 valence electrons. The molecule has 0 saturated heterocycles. The summed E-state index contributed by atoms with van der Waals surface area (Å²) >= 11 is 0. The van der Waals surface area contributed by atoms with Crippen molar-refractivity contribution in [1.29, 1.82) is 0 Å². The fourth-order valence-corrected chi connectivity index (χ4v) is 5.69. The zero-order valence-electron chi connectivity index (χ0n) is 24.9. The molecule has 1 amide bonds. The molecule has 0 aliphatic rings. The molecule has 0 fully saturated rings. The fourth-order valence-electron chi connectivity index (χ4n) is 5.69. The predicted octanol–water partition coefficient (Wildman–Crippen LogP) is 8.68. The predicted molar refractivity (Wildman–Crippen MR) is 170 cm³/mol. The van der Waals surface area contributed by atoms with Crippen molar-refractivity contribution in [1.82, 2.24) is 9.88 Å². The third-order valence-electron chi connectivity index (χ3n) is 8.36. The molecule has 0 unspecified atom stereocenters. The number of amides is 1. The molecule has 5 nitrogen and oxygen atoms in total. The first kappa shape index (κ1) is 28.9. The van der Waals surface area contributed by atoms with Crippen molar-refractivity contribution in [2.24, 2.45) is 0 Å². The quantitative estimate of drug-likeness (QED) is 0.190. The van der Waals surface area contributed by atoms with Gasteiger partial charge in [0.2, 0.25) is 0 Å². The van der Waals surface area contributed by atoms with E-state index in [9.17, 15) is 14.7 Å². The molecule has 0 bridgehead atoms.